The lowest BCUT2D eigenvalue weighted by molar-refractivity contribution is 0.0263. The molecule has 3 aromatic rings. The molecule has 1 fully saturated rings. The minimum atomic E-state index is -0.472. The Kier molecular flexibility index (Phi) is 4.42. The number of hydrogen-bond donors (Lipinski definition) is 1. The number of aromatic amines is 1. The molecular weight excluding hydrogens is 340 g/mol. The van der Waals surface area contributed by atoms with Crippen LogP contribution in [0.25, 0.3) is 21.8 Å². The Morgan fingerprint density at radius 2 is 1.89 bits per heavy atom. The maximum absolute atomic E-state index is 12.4. The van der Waals surface area contributed by atoms with Crippen LogP contribution < -0.4 is 4.90 Å². The van der Waals surface area contributed by atoms with Gasteiger partial charge in [-0.25, -0.2) is 9.78 Å². The normalized spacial score (nSPS) is 16.0. The number of H-pyrrole nitrogens is 1. The highest BCUT2D eigenvalue weighted by molar-refractivity contribution is 6.08. The van der Waals surface area contributed by atoms with E-state index in [2.05, 4.69) is 22.0 Å². The number of carbonyl (C=O) groups excluding carboxylic acids is 1. The first-order valence-corrected chi connectivity index (χ1v) is 9.51. The van der Waals surface area contributed by atoms with Gasteiger partial charge < -0.3 is 19.5 Å². The van der Waals surface area contributed by atoms with E-state index >= 15 is 0 Å². The van der Waals surface area contributed by atoms with Gasteiger partial charge in [0, 0.05) is 43.1 Å². The monoisotopic (exact) mass is 366 g/mol. The molecule has 4 rings (SSSR count). The van der Waals surface area contributed by atoms with Crippen molar-refractivity contribution >= 4 is 33.7 Å². The largest absolute Gasteiger partial charge is 0.444 e. The van der Waals surface area contributed by atoms with Gasteiger partial charge in [0.2, 0.25) is 0 Å². The minimum absolute atomic E-state index is 0.234. The second-order valence-corrected chi connectivity index (χ2v) is 8.03. The van der Waals surface area contributed by atoms with Gasteiger partial charge in [0.25, 0.3) is 0 Å². The highest BCUT2D eigenvalue weighted by atomic mass is 16.6. The zero-order valence-corrected chi connectivity index (χ0v) is 16.2. The molecule has 27 heavy (non-hydrogen) atoms. The summed E-state index contributed by atoms with van der Waals surface area (Å²) in [5.41, 5.74) is 1.62. The molecule has 0 saturated carbocycles. The number of fused-ring (bicyclic) bond motifs is 3. The lowest BCUT2D eigenvalue weighted by atomic mass is 10.1. The van der Waals surface area contributed by atoms with Gasteiger partial charge in [0.05, 0.1) is 11.0 Å². The van der Waals surface area contributed by atoms with E-state index in [4.69, 9.17) is 9.72 Å². The average molecular weight is 366 g/mol. The first kappa shape index (κ1) is 17.6. The summed E-state index contributed by atoms with van der Waals surface area (Å²) in [4.78, 5) is 24.8. The van der Waals surface area contributed by atoms with E-state index in [0.29, 0.717) is 13.1 Å². The van der Waals surface area contributed by atoms with Crippen LogP contribution in [0.5, 0.6) is 0 Å². The molecule has 1 amide bonds. The van der Waals surface area contributed by atoms with Gasteiger partial charge in [-0.3, -0.25) is 0 Å². The topological polar surface area (TPSA) is 61.5 Å². The first-order chi connectivity index (χ1) is 12.9. The molecule has 0 bridgehead atoms. The summed E-state index contributed by atoms with van der Waals surface area (Å²) in [5.74, 6) is 0.982. The molecule has 0 aliphatic carbocycles. The van der Waals surface area contributed by atoms with Crippen molar-refractivity contribution in [2.75, 3.05) is 31.1 Å². The molecule has 2 aromatic heterocycles. The molecule has 0 spiro atoms. The highest BCUT2D eigenvalue weighted by Crippen LogP contribution is 2.31. The lowest BCUT2D eigenvalue weighted by Gasteiger charge is -2.27. The fourth-order valence-corrected chi connectivity index (χ4v) is 3.61. The zero-order valence-electron chi connectivity index (χ0n) is 16.2. The molecule has 1 N–H and O–H groups in total. The Hall–Kier alpha value is -2.76. The molecule has 6 heteroatoms. The number of rotatable bonds is 1. The van der Waals surface area contributed by atoms with Gasteiger partial charge in [-0.15, -0.1) is 0 Å². The van der Waals surface area contributed by atoms with E-state index in [9.17, 15) is 4.79 Å². The van der Waals surface area contributed by atoms with Crippen molar-refractivity contribution in [1.29, 1.82) is 0 Å². The molecule has 1 aliphatic rings. The number of aromatic nitrogens is 2. The fraction of sp³-hybridized carbons (Fsp3) is 0.429. The summed E-state index contributed by atoms with van der Waals surface area (Å²) < 4.78 is 5.54. The predicted octanol–water partition coefficient (Wildman–Crippen LogP) is 4.16. The van der Waals surface area contributed by atoms with Gasteiger partial charge >= 0.3 is 6.09 Å². The Morgan fingerprint density at radius 3 is 2.70 bits per heavy atom. The maximum Gasteiger partial charge on any atom is 0.410 e. The molecule has 1 aromatic carbocycles. The van der Waals surface area contributed by atoms with Crippen LogP contribution in [0.3, 0.4) is 0 Å². The van der Waals surface area contributed by atoms with Crippen molar-refractivity contribution < 1.29 is 9.53 Å². The first-order valence-electron chi connectivity index (χ1n) is 9.51. The van der Waals surface area contributed by atoms with Gasteiger partial charge in [-0.2, -0.15) is 0 Å². The van der Waals surface area contributed by atoms with Crippen LogP contribution in [0.2, 0.25) is 0 Å². The van der Waals surface area contributed by atoms with E-state index in [1.165, 1.54) is 0 Å². The SMILES string of the molecule is CC(C)(C)OC(=O)N1CCCN(c2nc3ccccc3c3[nH]ccc23)CC1. The van der Waals surface area contributed by atoms with Gasteiger partial charge in [-0.05, 0) is 39.3 Å². The third-order valence-electron chi connectivity index (χ3n) is 4.83. The van der Waals surface area contributed by atoms with Gasteiger partial charge in [0.15, 0.2) is 0 Å². The quantitative estimate of drug-likeness (QED) is 0.702. The summed E-state index contributed by atoms with van der Waals surface area (Å²) >= 11 is 0. The van der Waals surface area contributed by atoms with Crippen molar-refractivity contribution in [2.24, 2.45) is 0 Å². The number of anilines is 1. The maximum atomic E-state index is 12.4. The Bertz CT molecular complexity index is 973. The van der Waals surface area contributed by atoms with Crippen LogP contribution in [-0.4, -0.2) is 52.7 Å². The third kappa shape index (κ3) is 3.56. The molecular formula is C21H26N4O2. The van der Waals surface area contributed by atoms with Crippen LogP contribution in [0.1, 0.15) is 27.2 Å². The number of pyridine rings is 1. The number of benzene rings is 1. The minimum Gasteiger partial charge on any atom is -0.444 e. The fourth-order valence-electron chi connectivity index (χ4n) is 3.61. The highest BCUT2D eigenvalue weighted by Gasteiger charge is 2.25. The predicted molar refractivity (Wildman–Crippen MR) is 108 cm³/mol. The molecule has 1 saturated heterocycles. The molecule has 142 valence electrons. The number of nitrogens with one attached hydrogen (secondary N) is 1. The van der Waals surface area contributed by atoms with Crippen molar-refractivity contribution in [3.63, 3.8) is 0 Å². The van der Waals surface area contributed by atoms with Crippen LogP contribution in [0.15, 0.2) is 36.5 Å². The van der Waals surface area contributed by atoms with E-state index in [0.717, 1.165) is 47.1 Å². The van der Waals surface area contributed by atoms with E-state index < -0.39 is 5.60 Å². The molecule has 0 unspecified atom stereocenters. The number of para-hydroxylation sites is 1. The van der Waals surface area contributed by atoms with Gasteiger partial charge in [-0.1, -0.05) is 18.2 Å². The van der Waals surface area contributed by atoms with E-state index in [1.807, 2.05) is 45.2 Å². The number of nitrogens with zero attached hydrogens (tertiary/aromatic N) is 3. The molecule has 1 aliphatic heterocycles. The second-order valence-electron chi connectivity index (χ2n) is 8.03. The lowest BCUT2D eigenvalue weighted by Crippen LogP contribution is -2.39. The second kappa shape index (κ2) is 6.76. The smallest absolute Gasteiger partial charge is 0.410 e. The van der Waals surface area contributed by atoms with Crippen molar-refractivity contribution in [1.82, 2.24) is 14.9 Å². The number of ether oxygens (including phenoxy) is 1. The summed E-state index contributed by atoms with van der Waals surface area (Å²) in [6.07, 6.45) is 2.62. The summed E-state index contributed by atoms with van der Waals surface area (Å²) in [6, 6.07) is 10.3. The summed E-state index contributed by atoms with van der Waals surface area (Å²) in [5, 5.41) is 2.26. The number of hydrogen-bond acceptors (Lipinski definition) is 4. The molecule has 0 radical (unpaired) electrons. The summed E-state index contributed by atoms with van der Waals surface area (Å²) in [6.45, 7) is 8.64. The number of amides is 1. The van der Waals surface area contributed by atoms with Crippen LogP contribution in [0.4, 0.5) is 10.6 Å². The molecule has 3 heterocycles. The van der Waals surface area contributed by atoms with E-state index in [1.54, 1.807) is 4.90 Å². The van der Waals surface area contributed by atoms with Crippen LogP contribution in [0, 0.1) is 0 Å². The van der Waals surface area contributed by atoms with Gasteiger partial charge in [0.1, 0.15) is 11.4 Å². The van der Waals surface area contributed by atoms with Crippen molar-refractivity contribution in [3.8, 4) is 0 Å². The number of carbonyl (C=O) groups is 1. The van der Waals surface area contributed by atoms with Crippen LogP contribution in [-0.2, 0) is 4.74 Å². The Balaban J connectivity index is 1.61. The third-order valence-corrected chi connectivity index (χ3v) is 4.83. The average Bonchev–Trinajstić information content (AvgIpc) is 2.97. The van der Waals surface area contributed by atoms with Crippen LogP contribution >= 0.6 is 0 Å². The molecule has 6 nitrogen and oxygen atoms in total. The standard InChI is InChI=1S/C21H26N4O2/c1-21(2,3)27-20(26)25-12-6-11-24(13-14-25)19-16-9-10-22-18(16)15-7-4-5-8-17(15)23-19/h4-5,7-10,22H,6,11-14H2,1-3H3. The zero-order chi connectivity index (χ0) is 19.0. The Morgan fingerprint density at radius 1 is 1.07 bits per heavy atom. The van der Waals surface area contributed by atoms with Crippen molar-refractivity contribution in [3.05, 3.63) is 36.5 Å². The van der Waals surface area contributed by atoms with Crippen molar-refractivity contribution in [2.45, 2.75) is 32.8 Å². The summed E-state index contributed by atoms with van der Waals surface area (Å²) in [7, 11) is 0. The van der Waals surface area contributed by atoms with E-state index in [-0.39, 0.29) is 6.09 Å². The molecule has 0 atom stereocenters. The Labute approximate surface area is 159 Å².